The summed E-state index contributed by atoms with van der Waals surface area (Å²) in [5.41, 5.74) is 1.24. The van der Waals surface area contributed by atoms with Crippen LogP contribution in [0, 0.1) is 0 Å². The SMILES string of the molecule is CCCCCN1C(=O)C(=O)/C(=C(\O)c2cccc(OC(C)C)c2)C1c1cccc(OC)c1. The molecule has 1 aliphatic heterocycles. The summed E-state index contributed by atoms with van der Waals surface area (Å²) in [6.45, 7) is 6.35. The fraction of sp³-hybridized carbons (Fsp3) is 0.385. The third kappa shape index (κ3) is 4.96. The highest BCUT2D eigenvalue weighted by atomic mass is 16.5. The van der Waals surface area contributed by atoms with Crippen molar-refractivity contribution in [2.24, 2.45) is 0 Å². The van der Waals surface area contributed by atoms with Crippen molar-refractivity contribution in [2.45, 2.75) is 52.2 Å². The summed E-state index contributed by atoms with van der Waals surface area (Å²) in [5, 5.41) is 11.2. The van der Waals surface area contributed by atoms with Crippen molar-refractivity contribution in [3.05, 3.63) is 65.2 Å². The fourth-order valence-electron chi connectivity index (χ4n) is 3.95. The zero-order valence-corrected chi connectivity index (χ0v) is 19.1. The Morgan fingerprint density at radius 2 is 1.78 bits per heavy atom. The fourth-order valence-corrected chi connectivity index (χ4v) is 3.95. The lowest BCUT2D eigenvalue weighted by atomic mass is 9.95. The molecule has 3 rings (SSSR count). The summed E-state index contributed by atoms with van der Waals surface area (Å²) < 4.78 is 11.1. The van der Waals surface area contributed by atoms with Gasteiger partial charge in [-0.05, 0) is 50.1 Å². The Morgan fingerprint density at radius 1 is 1.06 bits per heavy atom. The second kappa shape index (κ2) is 10.4. The van der Waals surface area contributed by atoms with Crippen molar-refractivity contribution in [2.75, 3.05) is 13.7 Å². The summed E-state index contributed by atoms with van der Waals surface area (Å²) in [7, 11) is 1.57. The number of ether oxygens (including phenoxy) is 2. The van der Waals surface area contributed by atoms with E-state index in [0.717, 1.165) is 24.8 Å². The van der Waals surface area contributed by atoms with Crippen molar-refractivity contribution >= 4 is 17.4 Å². The number of unbranched alkanes of at least 4 members (excludes halogenated alkanes) is 2. The number of rotatable bonds is 9. The number of nitrogens with zero attached hydrogens (tertiary/aromatic N) is 1. The maximum Gasteiger partial charge on any atom is 0.295 e. The molecule has 32 heavy (non-hydrogen) atoms. The minimum absolute atomic E-state index is 0.0340. The van der Waals surface area contributed by atoms with E-state index < -0.39 is 17.7 Å². The molecule has 1 unspecified atom stereocenters. The van der Waals surface area contributed by atoms with Gasteiger partial charge in [-0.2, -0.15) is 0 Å². The first kappa shape index (κ1) is 23.4. The van der Waals surface area contributed by atoms with Gasteiger partial charge in [0.2, 0.25) is 0 Å². The van der Waals surface area contributed by atoms with Crippen LogP contribution in [0.1, 0.15) is 57.2 Å². The summed E-state index contributed by atoms with van der Waals surface area (Å²) in [4.78, 5) is 27.6. The number of aliphatic hydroxyl groups is 1. The van der Waals surface area contributed by atoms with Crippen molar-refractivity contribution in [3.63, 3.8) is 0 Å². The molecule has 0 saturated carbocycles. The first-order valence-electron chi connectivity index (χ1n) is 11.1. The van der Waals surface area contributed by atoms with Gasteiger partial charge in [0.1, 0.15) is 17.3 Å². The molecule has 1 fully saturated rings. The molecule has 1 heterocycles. The number of aliphatic hydroxyl groups excluding tert-OH is 1. The number of hydrogen-bond acceptors (Lipinski definition) is 5. The highest BCUT2D eigenvalue weighted by Gasteiger charge is 2.45. The number of carbonyl (C=O) groups is 2. The third-order valence-corrected chi connectivity index (χ3v) is 5.43. The van der Waals surface area contributed by atoms with Crippen LogP contribution in [0.4, 0.5) is 0 Å². The lowest BCUT2D eigenvalue weighted by Gasteiger charge is -2.25. The van der Waals surface area contributed by atoms with Crippen molar-refractivity contribution in [1.29, 1.82) is 0 Å². The van der Waals surface area contributed by atoms with Crippen LogP contribution in [-0.2, 0) is 9.59 Å². The van der Waals surface area contributed by atoms with E-state index in [1.165, 1.54) is 0 Å². The lowest BCUT2D eigenvalue weighted by Crippen LogP contribution is -2.30. The van der Waals surface area contributed by atoms with Crippen LogP contribution in [0.15, 0.2) is 54.1 Å². The average molecular weight is 438 g/mol. The molecule has 1 N–H and O–H groups in total. The minimum Gasteiger partial charge on any atom is -0.507 e. The van der Waals surface area contributed by atoms with Gasteiger partial charge >= 0.3 is 0 Å². The molecule has 0 aliphatic carbocycles. The molecule has 170 valence electrons. The van der Waals surface area contributed by atoms with Gasteiger partial charge in [0.15, 0.2) is 0 Å². The standard InChI is InChI=1S/C26H31NO5/c1-5-6-7-14-27-23(18-10-8-12-20(15-18)31-4)22(25(29)26(27)30)24(28)19-11-9-13-21(16-19)32-17(2)3/h8-13,15-17,23,28H,5-7,14H2,1-4H3/b24-22-. The van der Waals surface area contributed by atoms with E-state index >= 15 is 0 Å². The average Bonchev–Trinajstić information content (AvgIpc) is 3.03. The molecule has 0 radical (unpaired) electrons. The van der Waals surface area contributed by atoms with Gasteiger partial charge in [-0.15, -0.1) is 0 Å². The van der Waals surface area contributed by atoms with E-state index in [4.69, 9.17) is 9.47 Å². The lowest BCUT2D eigenvalue weighted by molar-refractivity contribution is -0.139. The van der Waals surface area contributed by atoms with E-state index in [0.29, 0.717) is 23.6 Å². The van der Waals surface area contributed by atoms with Gasteiger partial charge in [-0.3, -0.25) is 9.59 Å². The number of amides is 1. The summed E-state index contributed by atoms with van der Waals surface area (Å²) in [6.07, 6.45) is 2.69. The second-order valence-corrected chi connectivity index (χ2v) is 8.17. The first-order chi connectivity index (χ1) is 15.4. The normalized spacial score (nSPS) is 17.8. The molecule has 0 aromatic heterocycles. The largest absolute Gasteiger partial charge is 0.507 e. The molecule has 1 aliphatic rings. The van der Waals surface area contributed by atoms with E-state index in [1.807, 2.05) is 26.0 Å². The molecule has 0 bridgehead atoms. The summed E-state index contributed by atoms with van der Waals surface area (Å²) in [6, 6.07) is 13.5. The number of Topliss-reactive ketones (excluding diaryl/α,β-unsaturated/α-hetero) is 1. The minimum atomic E-state index is -0.684. The molecule has 2 aromatic carbocycles. The van der Waals surface area contributed by atoms with Gasteiger partial charge in [0, 0.05) is 12.1 Å². The Morgan fingerprint density at radius 3 is 2.47 bits per heavy atom. The van der Waals surface area contributed by atoms with Gasteiger partial charge in [0.25, 0.3) is 11.7 Å². The Kier molecular flexibility index (Phi) is 7.57. The van der Waals surface area contributed by atoms with Crippen LogP contribution in [0.5, 0.6) is 11.5 Å². The second-order valence-electron chi connectivity index (χ2n) is 8.17. The number of benzene rings is 2. The van der Waals surface area contributed by atoms with E-state index in [1.54, 1.807) is 48.4 Å². The Bertz CT molecular complexity index is 1010. The Balaban J connectivity index is 2.11. The van der Waals surface area contributed by atoms with Crippen LogP contribution in [0.25, 0.3) is 5.76 Å². The predicted octanol–water partition coefficient (Wildman–Crippen LogP) is 5.09. The molecular weight excluding hydrogens is 406 g/mol. The predicted molar refractivity (Wildman–Crippen MR) is 124 cm³/mol. The quantitative estimate of drug-likeness (QED) is 0.256. The molecule has 1 amide bonds. The topological polar surface area (TPSA) is 76.1 Å². The summed E-state index contributed by atoms with van der Waals surface area (Å²) in [5.74, 6) is -0.274. The molecular formula is C26H31NO5. The molecule has 1 atom stereocenters. The van der Waals surface area contributed by atoms with Crippen LogP contribution >= 0.6 is 0 Å². The van der Waals surface area contributed by atoms with Crippen molar-refractivity contribution < 1.29 is 24.2 Å². The number of hydrogen-bond donors (Lipinski definition) is 1. The maximum atomic E-state index is 13.1. The number of likely N-dealkylation sites (tertiary alicyclic amines) is 1. The van der Waals surface area contributed by atoms with E-state index in [2.05, 4.69) is 6.92 Å². The molecule has 2 aromatic rings. The highest BCUT2D eigenvalue weighted by Crippen LogP contribution is 2.40. The van der Waals surface area contributed by atoms with Gasteiger partial charge < -0.3 is 19.5 Å². The van der Waals surface area contributed by atoms with E-state index in [9.17, 15) is 14.7 Å². The molecule has 1 saturated heterocycles. The smallest absolute Gasteiger partial charge is 0.295 e. The zero-order chi connectivity index (χ0) is 23.3. The number of carbonyl (C=O) groups excluding carboxylic acids is 2. The van der Waals surface area contributed by atoms with Crippen LogP contribution in [0.3, 0.4) is 0 Å². The monoisotopic (exact) mass is 437 g/mol. The Hall–Kier alpha value is -3.28. The van der Waals surface area contributed by atoms with E-state index in [-0.39, 0.29) is 17.4 Å². The van der Waals surface area contributed by atoms with Gasteiger partial charge in [0.05, 0.1) is 24.8 Å². The maximum absolute atomic E-state index is 13.1. The van der Waals surface area contributed by atoms with Gasteiger partial charge in [-0.1, -0.05) is 44.0 Å². The Labute approximate surface area is 189 Å². The zero-order valence-electron chi connectivity index (χ0n) is 19.1. The molecule has 6 heteroatoms. The van der Waals surface area contributed by atoms with Crippen molar-refractivity contribution in [3.8, 4) is 11.5 Å². The van der Waals surface area contributed by atoms with Crippen LogP contribution in [-0.4, -0.2) is 41.5 Å². The number of methoxy groups -OCH3 is 1. The number of ketones is 1. The summed E-state index contributed by atoms with van der Waals surface area (Å²) >= 11 is 0. The van der Waals surface area contributed by atoms with Gasteiger partial charge in [-0.25, -0.2) is 0 Å². The highest BCUT2D eigenvalue weighted by molar-refractivity contribution is 6.46. The van der Waals surface area contributed by atoms with Crippen LogP contribution in [0.2, 0.25) is 0 Å². The van der Waals surface area contributed by atoms with Crippen LogP contribution < -0.4 is 9.47 Å². The molecule has 6 nitrogen and oxygen atoms in total. The third-order valence-electron chi connectivity index (χ3n) is 5.43. The first-order valence-corrected chi connectivity index (χ1v) is 11.1. The molecule has 0 spiro atoms. The van der Waals surface area contributed by atoms with Crippen molar-refractivity contribution in [1.82, 2.24) is 4.90 Å².